The zero-order valence-corrected chi connectivity index (χ0v) is 9.27. The third kappa shape index (κ3) is 3.90. The Kier molecular flexibility index (Phi) is 4.36. The molecule has 0 radical (unpaired) electrons. The van der Waals surface area contributed by atoms with Gasteiger partial charge in [-0.15, -0.1) is 0 Å². The molecule has 1 amide bonds. The molecule has 0 saturated heterocycles. The maximum atomic E-state index is 12.5. The van der Waals surface area contributed by atoms with Gasteiger partial charge in [-0.3, -0.25) is 4.79 Å². The van der Waals surface area contributed by atoms with Crippen molar-refractivity contribution in [2.45, 2.75) is 12.6 Å². The van der Waals surface area contributed by atoms with Gasteiger partial charge in [0.25, 0.3) is 0 Å². The van der Waals surface area contributed by atoms with Crippen LogP contribution in [-0.4, -0.2) is 17.6 Å². The van der Waals surface area contributed by atoms with Crippen molar-refractivity contribution in [3.63, 3.8) is 0 Å². The highest BCUT2D eigenvalue weighted by molar-refractivity contribution is 6.31. The first kappa shape index (κ1) is 13.8. The Bertz CT molecular complexity index is 421. The van der Waals surface area contributed by atoms with Crippen molar-refractivity contribution in [1.82, 2.24) is 0 Å². The number of carbonyl (C=O) groups is 1. The fourth-order valence-electron chi connectivity index (χ4n) is 1.15. The first-order valence-electron chi connectivity index (χ1n) is 4.62. The SMILES string of the molecule is O=C(CCO)Nc1ccc(Cl)c(C(F)(F)F)c1. The average molecular weight is 268 g/mol. The Morgan fingerprint density at radius 1 is 1.41 bits per heavy atom. The van der Waals surface area contributed by atoms with E-state index in [9.17, 15) is 18.0 Å². The summed E-state index contributed by atoms with van der Waals surface area (Å²) in [5, 5.41) is 10.3. The Hall–Kier alpha value is -1.27. The zero-order valence-electron chi connectivity index (χ0n) is 8.51. The average Bonchev–Trinajstić information content (AvgIpc) is 2.19. The molecule has 0 aliphatic carbocycles. The summed E-state index contributed by atoms with van der Waals surface area (Å²) in [6, 6.07) is 3.06. The van der Waals surface area contributed by atoms with Gasteiger partial charge in [-0.2, -0.15) is 13.2 Å². The standard InChI is InChI=1S/C10H9ClF3NO2/c11-8-2-1-6(15-9(17)3-4-16)5-7(8)10(12,13)14/h1-2,5,16H,3-4H2,(H,15,17). The summed E-state index contributed by atoms with van der Waals surface area (Å²) in [6.07, 6.45) is -4.75. The molecule has 0 spiro atoms. The van der Waals surface area contributed by atoms with Crippen LogP contribution in [0.2, 0.25) is 5.02 Å². The fourth-order valence-corrected chi connectivity index (χ4v) is 1.37. The molecule has 0 bridgehead atoms. The van der Waals surface area contributed by atoms with E-state index in [2.05, 4.69) is 5.32 Å². The second kappa shape index (κ2) is 5.37. The van der Waals surface area contributed by atoms with Crippen molar-refractivity contribution in [3.8, 4) is 0 Å². The lowest BCUT2D eigenvalue weighted by Crippen LogP contribution is -2.14. The topological polar surface area (TPSA) is 49.3 Å². The van der Waals surface area contributed by atoms with Gasteiger partial charge in [-0.25, -0.2) is 0 Å². The quantitative estimate of drug-likeness (QED) is 0.885. The molecule has 0 heterocycles. The van der Waals surface area contributed by atoms with Crippen LogP contribution in [0.1, 0.15) is 12.0 Å². The first-order chi connectivity index (χ1) is 7.84. The van der Waals surface area contributed by atoms with Crippen LogP contribution >= 0.6 is 11.6 Å². The van der Waals surface area contributed by atoms with E-state index >= 15 is 0 Å². The summed E-state index contributed by atoms with van der Waals surface area (Å²) in [6.45, 7) is -0.369. The molecule has 17 heavy (non-hydrogen) atoms. The highest BCUT2D eigenvalue weighted by Gasteiger charge is 2.33. The summed E-state index contributed by atoms with van der Waals surface area (Å²) < 4.78 is 37.4. The molecule has 1 rings (SSSR count). The lowest BCUT2D eigenvalue weighted by atomic mass is 10.2. The van der Waals surface area contributed by atoms with Crippen LogP contribution in [0.4, 0.5) is 18.9 Å². The van der Waals surface area contributed by atoms with Crippen LogP contribution < -0.4 is 5.32 Å². The molecule has 1 aromatic carbocycles. The molecule has 1 aromatic rings. The van der Waals surface area contributed by atoms with Crippen LogP contribution in [0.5, 0.6) is 0 Å². The van der Waals surface area contributed by atoms with E-state index in [1.54, 1.807) is 0 Å². The van der Waals surface area contributed by atoms with E-state index < -0.39 is 22.7 Å². The van der Waals surface area contributed by atoms with E-state index in [1.165, 1.54) is 6.07 Å². The minimum atomic E-state index is -4.57. The van der Waals surface area contributed by atoms with Gasteiger partial charge in [-0.05, 0) is 18.2 Å². The lowest BCUT2D eigenvalue weighted by Gasteiger charge is -2.11. The second-order valence-electron chi connectivity index (χ2n) is 3.21. The molecule has 3 nitrogen and oxygen atoms in total. The van der Waals surface area contributed by atoms with Crippen LogP contribution in [0.15, 0.2) is 18.2 Å². The van der Waals surface area contributed by atoms with Crippen molar-refractivity contribution in [2.24, 2.45) is 0 Å². The fraction of sp³-hybridized carbons (Fsp3) is 0.300. The molecule has 0 atom stereocenters. The zero-order chi connectivity index (χ0) is 13.1. The molecule has 7 heteroatoms. The number of halogens is 4. The van der Waals surface area contributed by atoms with Crippen LogP contribution in [-0.2, 0) is 11.0 Å². The van der Waals surface area contributed by atoms with Crippen LogP contribution in [0.25, 0.3) is 0 Å². The number of rotatable bonds is 3. The van der Waals surface area contributed by atoms with Gasteiger partial charge in [0.2, 0.25) is 5.91 Å². The van der Waals surface area contributed by atoms with Crippen LogP contribution in [0.3, 0.4) is 0 Å². The molecule has 0 fully saturated rings. The van der Waals surface area contributed by atoms with Crippen molar-refractivity contribution in [2.75, 3.05) is 11.9 Å². The maximum absolute atomic E-state index is 12.5. The Morgan fingerprint density at radius 3 is 2.59 bits per heavy atom. The monoisotopic (exact) mass is 267 g/mol. The molecule has 2 N–H and O–H groups in total. The molecule has 0 aliphatic heterocycles. The minimum Gasteiger partial charge on any atom is -0.396 e. The van der Waals surface area contributed by atoms with Gasteiger partial charge in [0, 0.05) is 5.69 Å². The highest BCUT2D eigenvalue weighted by Crippen LogP contribution is 2.36. The third-order valence-electron chi connectivity index (χ3n) is 1.89. The van der Waals surface area contributed by atoms with E-state index in [4.69, 9.17) is 16.7 Å². The third-order valence-corrected chi connectivity index (χ3v) is 2.22. The lowest BCUT2D eigenvalue weighted by molar-refractivity contribution is -0.137. The van der Waals surface area contributed by atoms with Crippen LogP contribution in [0, 0.1) is 0 Å². The molecule has 0 aliphatic rings. The molecular weight excluding hydrogens is 259 g/mol. The van der Waals surface area contributed by atoms with Crippen molar-refractivity contribution in [1.29, 1.82) is 0 Å². The number of amides is 1. The molecule has 0 saturated carbocycles. The number of aliphatic hydroxyl groups is 1. The van der Waals surface area contributed by atoms with Gasteiger partial charge in [-0.1, -0.05) is 11.6 Å². The number of nitrogens with one attached hydrogen (secondary N) is 1. The number of benzene rings is 1. The van der Waals surface area contributed by atoms with Gasteiger partial charge in [0.05, 0.1) is 23.6 Å². The predicted octanol–water partition coefficient (Wildman–Crippen LogP) is 2.68. The van der Waals surface area contributed by atoms with E-state index in [0.717, 1.165) is 12.1 Å². The predicted molar refractivity (Wildman–Crippen MR) is 56.8 cm³/mol. The summed E-state index contributed by atoms with van der Waals surface area (Å²) in [5.41, 5.74) is -1.03. The second-order valence-corrected chi connectivity index (χ2v) is 3.62. The van der Waals surface area contributed by atoms with Crippen molar-refractivity contribution in [3.05, 3.63) is 28.8 Å². The van der Waals surface area contributed by atoms with E-state index in [-0.39, 0.29) is 18.7 Å². The van der Waals surface area contributed by atoms with Gasteiger partial charge >= 0.3 is 6.18 Å². The number of anilines is 1. The molecule has 94 valence electrons. The summed E-state index contributed by atoms with van der Waals surface area (Å²) in [4.78, 5) is 11.1. The molecule has 0 unspecified atom stereocenters. The van der Waals surface area contributed by atoms with Crippen molar-refractivity contribution >= 4 is 23.2 Å². The Morgan fingerprint density at radius 2 is 2.06 bits per heavy atom. The number of hydrogen-bond donors (Lipinski definition) is 2. The number of aliphatic hydroxyl groups excluding tert-OH is 1. The summed E-state index contributed by atoms with van der Waals surface area (Å²) in [7, 11) is 0. The smallest absolute Gasteiger partial charge is 0.396 e. The van der Waals surface area contributed by atoms with Gasteiger partial charge in [0.15, 0.2) is 0 Å². The Balaban J connectivity index is 2.93. The molecule has 0 aromatic heterocycles. The normalized spacial score (nSPS) is 11.4. The van der Waals surface area contributed by atoms with E-state index in [1.807, 2.05) is 0 Å². The summed E-state index contributed by atoms with van der Waals surface area (Å²) >= 11 is 5.41. The largest absolute Gasteiger partial charge is 0.417 e. The Labute approximate surface area is 100 Å². The van der Waals surface area contributed by atoms with E-state index in [0.29, 0.717) is 0 Å². The van der Waals surface area contributed by atoms with Gasteiger partial charge in [0.1, 0.15) is 0 Å². The first-order valence-corrected chi connectivity index (χ1v) is 5.00. The number of carbonyl (C=O) groups excluding carboxylic acids is 1. The minimum absolute atomic E-state index is 0.0137. The van der Waals surface area contributed by atoms with Crippen molar-refractivity contribution < 1.29 is 23.1 Å². The van der Waals surface area contributed by atoms with Gasteiger partial charge < -0.3 is 10.4 Å². The highest BCUT2D eigenvalue weighted by atomic mass is 35.5. The number of alkyl halides is 3. The molecular formula is C10H9ClF3NO2. The maximum Gasteiger partial charge on any atom is 0.417 e. The number of hydrogen-bond acceptors (Lipinski definition) is 2. The summed E-state index contributed by atoms with van der Waals surface area (Å²) in [5.74, 6) is -0.567.